The summed E-state index contributed by atoms with van der Waals surface area (Å²) in [7, 11) is 0. The average Bonchev–Trinajstić information content (AvgIpc) is 2.63. The number of hydrazone groups is 1. The minimum Gasteiger partial charge on any atom is -0.366 e. The molecular formula is C22H27ClN4O. The highest BCUT2D eigenvalue weighted by Gasteiger charge is 2.35. The largest absolute Gasteiger partial charge is 0.366 e. The maximum absolute atomic E-state index is 12.0. The summed E-state index contributed by atoms with van der Waals surface area (Å²) in [5, 5.41) is 7.40. The predicted octanol–water partition coefficient (Wildman–Crippen LogP) is 5.61. The molecule has 0 radical (unpaired) electrons. The summed E-state index contributed by atoms with van der Waals surface area (Å²) in [6.45, 7) is 9.88. The molecule has 148 valence electrons. The molecule has 1 heterocycles. The standard InChI is InChI=1S/C22H27ClN4O/c1-5-27-20-12-19(23)16(11-18(20)15(2)13-22(27,3)4)14-24-26-21(28)25-17-9-7-6-8-10-17/h6-12,14-15H,5,13H2,1-4H3,(H2,25,26,28)/b24-14+. The highest BCUT2D eigenvalue weighted by molar-refractivity contribution is 6.33. The minimum absolute atomic E-state index is 0.0944. The molecule has 2 N–H and O–H groups in total. The molecule has 2 aromatic carbocycles. The SMILES string of the molecule is CCN1c2cc(Cl)c(/C=N/NC(=O)Nc3ccccc3)cc2C(C)CC1(C)C. The van der Waals surface area contributed by atoms with Crippen molar-refractivity contribution in [3.05, 3.63) is 58.6 Å². The van der Waals surface area contributed by atoms with Crippen LogP contribution in [0.1, 0.15) is 51.2 Å². The average molecular weight is 399 g/mol. The van der Waals surface area contributed by atoms with Gasteiger partial charge in [0.25, 0.3) is 0 Å². The van der Waals surface area contributed by atoms with E-state index in [-0.39, 0.29) is 5.54 Å². The van der Waals surface area contributed by atoms with Crippen molar-refractivity contribution in [2.24, 2.45) is 5.10 Å². The second kappa shape index (κ2) is 8.23. The van der Waals surface area contributed by atoms with Crippen molar-refractivity contribution in [3.8, 4) is 0 Å². The highest BCUT2D eigenvalue weighted by Crippen LogP contribution is 2.44. The van der Waals surface area contributed by atoms with Gasteiger partial charge in [-0.3, -0.25) is 0 Å². The Morgan fingerprint density at radius 1 is 1.32 bits per heavy atom. The first kappa shape index (κ1) is 20.2. The number of rotatable bonds is 4. The molecule has 0 bridgehead atoms. The molecule has 0 fully saturated rings. The molecule has 0 aliphatic carbocycles. The third-order valence-corrected chi connectivity index (χ3v) is 5.55. The minimum atomic E-state index is -0.399. The number of anilines is 2. The molecule has 1 aliphatic heterocycles. The Morgan fingerprint density at radius 2 is 2.04 bits per heavy atom. The molecule has 1 aliphatic rings. The van der Waals surface area contributed by atoms with Gasteiger partial charge in [0, 0.05) is 29.0 Å². The lowest BCUT2D eigenvalue weighted by molar-refractivity contribution is 0.252. The van der Waals surface area contributed by atoms with Crippen LogP contribution in [0.5, 0.6) is 0 Å². The van der Waals surface area contributed by atoms with Crippen molar-refractivity contribution in [1.29, 1.82) is 0 Å². The van der Waals surface area contributed by atoms with Gasteiger partial charge in [-0.05, 0) is 62.9 Å². The summed E-state index contributed by atoms with van der Waals surface area (Å²) in [6, 6.07) is 12.9. The Labute approximate surface area is 171 Å². The zero-order chi connectivity index (χ0) is 20.3. The van der Waals surface area contributed by atoms with Crippen LogP contribution in [0.4, 0.5) is 16.2 Å². The molecule has 28 heavy (non-hydrogen) atoms. The molecule has 0 saturated carbocycles. The molecule has 0 aromatic heterocycles. The fraction of sp³-hybridized carbons (Fsp3) is 0.364. The number of carbonyl (C=O) groups excluding carboxylic acids is 1. The molecule has 2 amide bonds. The Bertz CT molecular complexity index is 880. The number of para-hydroxylation sites is 1. The number of carbonyl (C=O) groups is 1. The van der Waals surface area contributed by atoms with Gasteiger partial charge in [0.05, 0.1) is 11.2 Å². The van der Waals surface area contributed by atoms with E-state index in [1.165, 1.54) is 11.3 Å². The Hall–Kier alpha value is -2.53. The van der Waals surface area contributed by atoms with Crippen LogP contribution in [-0.2, 0) is 0 Å². The van der Waals surface area contributed by atoms with E-state index in [0.717, 1.165) is 18.5 Å². The number of halogens is 1. The van der Waals surface area contributed by atoms with E-state index in [9.17, 15) is 4.79 Å². The maximum atomic E-state index is 12.0. The Balaban J connectivity index is 1.76. The molecular weight excluding hydrogens is 372 g/mol. The Morgan fingerprint density at radius 3 is 2.71 bits per heavy atom. The molecule has 2 aromatic rings. The Kier molecular flexibility index (Phi) is 5.94. The van der Waals surface area contributed by atoms with E-state index in [4.69, 9.17) is 11.6 Å². The van der Waals surface area contributed by atoms with E-state index in [1.807, 2.05) is 36.4 Å². The number of nitrogens with zero attached hydrogens (tertiary/aromatic N) is 2. The van der Waals surface area contributed by atoms with Crippen LogP contribution in [0.3, 0.4) is 0 Å². The number of hydrogen-bond acceptors (Lipinski definition) is 3. The summed E-state index contributed by atoms with van der Waals surface area (Å²) in [5.41, 5.74) is 6.53. The summed E-state index contributed by atoms with van der Waals surface area (Å²) >= 11 is 6.52. The van der Waals surface area contributed by atoms with Crippen molar-refractivity contribution in [1.82, 2.24) is 5.43 Å². The highest BCUT2D eigenvalue weighted by atomic mass is 35.5. The summed E-state index contributed by atoms with van der Waals surface area (Å²) < 4.78 is 0. The van der Waals surface area contributed by atoms with Crippen molar-refractivity contribution in [2.75, 3.05) is 16.8 Å². The van der Waals surface area contributed by atoms with Crippen LogP contribution in [0.25, 0.3) is 0 Å². The van der Waals surface area contributed by atoms with Gasteiger partial charge in [0.1, 0.15) is 0 Å². The van der Waals surface area contributed by atoms with Gasteiger partial charge >= 0.3 is 6.03 Å². The van der Waals surface area contributed by atoms with Gasteiger partial charge in [-0.15, -0.1) is 0 Å². The third kappa shape index (κ3) is 4.30. The van der Waals surface area contributed by atoms with Crippen LogP contribution < -0.4 is 15.6 Å². The number of amides is 2. The second-order valence-corrected chi connectivity index (χ2v) is 8.19. The molecule has 3 rings (SSSR count). The second-order valence-electron chi connectivity index (χ2n) is 7.78. The normalized spacial score (nSPS) is 18.0. The fourth-order valence-electron chi connectivity index (χ4n) is 4.06. The van der Waals surface area contributed by atoms with Gasteiger partial charge < -0.3 is 10.2 Å². The topological polar surface area (TPSA) is 56.7 Å². The van der Waals surface area contributed by atoms with Gasteiger partial charge in [0.2, 0.25) is 0 Å². The molecule has 1 atom stereocenters. The zero-order valence-corrected chi connectivity index (χ0v) is 17.5. The van der Waals surface area contributed by atoms with Gasteiger partial charge in [0.15, 0.2) is 0 Å². The fourth-order valence-corrected chi connectivity index (χ4v) is 4.27. The van der Waals surface area contributed by atoms with Crippen LogP contribution in [0.2, 0.25) is 5.02 Å². The number of urea groups is 1. The van der Waals surface area contributed by atoms with E-state index >= 15 is 0 Å². The van der Waals surface area contributed by atoms with Crippen molar-refractivity contribution in [2.45, 2.75) is 45.6 Å². The van der Waals surface area contributed by atoms with Crippen LogP contribution in [-0.4, -0.2) is 24.3 Å². The summed E-state index contributed by atoms with van der Waals surface area (Å²) in [6.07, 6.45) is 2.67. The van der Waals surface area contributed by atoms with Gasteiger partial charge in [-0.2, -0.15) is 5.10 Å². The van der Waals surface area contributed by atoms with E-state index in [1.54, 1.807) is 6.21 Å². The predicted molar refractivity (Wildman–Crippen MR) is 118 cm³/mol. The molecule has 6 heteroatoms. The lowest BCUT2D eigenvalue weighted by Gasteiger charge is -2.47. The first-order valence-electron chi connectivity index (χ1n) is 9.58. The molecule has 1 unspecified atom stereocenters. The first-order valence-corrected chi connectivity index (χ1v) is 9.96. The summed E-state index contributed by atoms with van der Waals surface area (Å²) in [4.78, 5) is 14.4. The number of benzene rings is 2. The zero-order valence-electron chi connectivity index (χ0n) is 16.8. The lowest BCUT2D eigenvalue weighted by atomic mass is 9.79. The van der Waals surface area contributed by atoms with E-state index in [2.05, 4.69) is 54.5 Å². The van der Waals surface area contributed by atoms with E-state index in [0.29, 0.717) is 16.6 Å². The molecule has 0 saturated heterocycles. The van der Waals surface area contributed by atoms with Gasteiger partial charge in [-0.1, -0.05) is 36.7 Å². The van der Waals surface area contributed by atoms with Crippen molar-refractivity contribution in [3.63, 3.8) is 0 Å². The smallest absolute Gasteiger partial charge is 0.339 e. The third-order valence-electron chi connectivity index (χ3n) is 5.22. The van der Waals surface area contributed by atoms with Crippen LogP contribution >= 0.6 is 11.6 Å². The molecule has 5 nitrogen and oxygen atoms in total. The maximum Gasteiger partial charge on any atom is 0.339 e. The number of nitrogens with one attached hydrogen (secondary N) is 2. The van der Waals surface area contributed by atoms with Crippen LogP contribution in [0, 0.1) is 0 Å². The first-order chi connectivity index (χ1) is 13.3. The molecule has 0 spiro atoms. The lowest BCUT2D eigenvalue weighted by Crippen LogP contribution is -2.48. The monoisotopic (exact) mass is 398 g/mol. The summed E-state index contributed by atoms with van der Waals surface area (Å²) in [5.74, 6) is 0.423. The quantitative estimate of drug-likeness (QED) is 0.519. The van der Waals surface area contributed by atoms with E-state index < -0.39 is 6.03 Å². The number of hydrogen-bond donors (Lipinski definition) is 2. The number of fused-ring (bicyclic) bond motifs is 1. The van der Waals surface area contributed by atoms with Crippen molar-refractivity contribution < 1.29 is 4.79 Å². The van der Waals surface area contributed by atoms with Crippen LogP contribution in [0.15, 0.2) is 47.6 Å². The van der Waals surface area contributed by atoms with Crippen molar-refractivity contribution >= 4 is 35.2 Å². The van der Waals surface area contributed by atoms with Gasteiger partial charge in [-0.25, -0.2) is 10.2 Å².